The molecule has 3 aromatic rings. The fourth-order valence-corrected chi connectivity index (χ4v) is 4.84. The third-order valence-electron chi connectivity index (χ3n) is 5.93. The summed E-state index contributed by atoms with van der Waals surface area (Å²) in [6.07, 6.45) is 1.71. The molecule has 1 saturated heterocycles. The van der Waals surface area contributed by atoms with Crippen LogP contribution < -0.4 is 14.2 Å². The first-order chi connectivity index (χ1) is 17.0. The molecule has 1 aromatic heterocycles. The topological polar surface area (TPSA) is 68.3 Å². The van der Waals surface area contributed by atoms with E-state index in [9.17, 15) is 9.59 Å². The van der Waals surface area contributed by atoms with E-state index in [1.807, 2.05) is 47.8 Å². The Bertz CT molecular complexity index is 1170. The standard InChI is InChI=1S/C27H28N2O5S/c1-32-22-16-20(17-23(33-2)26(22)34-3)27(31)29-13-11-28(12-14-29)25(30)18-21(24-10-7-15-35-24)19-8-5-4-6-9-19/h4-10,15-18H,11-14H2,1-3H3. The Hall–Kier alpha value is -3.78. The maximum absolute atomic E-state index is 13.2. The van der Waals surface area contributed by atoms with Gasteiger partial charge in [-0.25, -0.2) is 0 Å². The number of carbonyl (C=O) groups excluding carboxylic acids is 2. The highest BCUT2D eigenvalue weighted by atomic mass is 32.1. The van der Waals surface area contributed by atoms with Crippen molar-refractivity contribution in [1.82, 2.24) is 9.80 Å². The average Bonchev–Trinajstić information content (AvgIpc) is 3.45. The lowest BCUT2D eigenvalue weighted by Gasteiger charge is -2.34. The van der Waals surface area contributed by atoms with Gasteiger partial charge in [-0.2, -0.15) is 0 Å². The summed E-state index contributed by atoms with van der Waals surface area (Å²) in [5.74, 6) is 1.09. The van der Waals surface area contributed by atoms with E-state index in [0.717, 1.165) is 16.0 Å². The minimum absolute atomic E-state index is 0.0582. The van der Waals surface area contributed by atoms with E-state index < -0.39 is 0 Å². The lowest BCUT2D eigenvalue weighted by molar-refractivity contribution is -0.127. The van der Waals surface area contributed by atoms with Crippen molar-refractivity contribution in [1.29, 1.82) is 0 Å². The first-order valence-corrected chi connectivity index (χ1v) is 12.1. The van der Waals surface area contributed by atoms with Crippen LogP contribution in [0.4, 0.5) is 0 Å². The minimum Gasteiger partial charge on any atom is -0.493 e. The summed E-state index contributed by atoms with van der Waals surface area (Å²) in [6, 6.07) is 17.2. The van der Waals surface area contributed by atoms with Crippen LogP contribution in [0.5, 0.6) is 17.2 Å². The van der Waals surface area contributed by atoms with E-state index in [1.165, 1.54) is 21.3 Å². The highest BCUT2D eigenvalue weighted by molar-refractivity contribution is 7.11. The SMILES string of the molecule is COc1cc(C(=O)N2CCN(C(=O)C=C(c3ccccc3)c3cccs3)CC2)cc(OC)c1OC. The van der Waals surface area contributed by atoms with Gasteiger partial charge in [0.1, 0.15) is 0 Å². The summed E-state index contributed by atoms with van der Waals surface area (Å²) in [5.41, 5.74) is 2.35. The predicted octanol–water partition coefficient (Wildman–Crippen LogP) is 4.19. The summed E-state index contributed by atoms with van der Waals surface area (Å²) in [6.45, 7) is 1.79. The molecule has 182 valence electrons. The second-order valence-corrected chi connectivity index (χ2v) is 8.88. The number of rotatable bonds is 7. The lowest BCUT2D eigenvalue weighted by atomic mass is 10.0. The van der Waals surface area contributed by atoms with Gasteiger partial charge in [-0.3, -0.25) is 9.59 Å². The Labute approximate surface area is 209 Å². The number of hydrogen-bond donors (Lipinski definition) is 0. The molecular formula is C27H28N2O5S. The number of hydrogen-bond acceptors (Lipinski definition) is 6. The van der Waals surface area contributed by atoms with Gasteiger partial charge in [-0.05, 0) is 29.1 Å². The van der Waals surface area contributed by atoms with Gasteiger partial charge in [-0.15, -0.1) is 11.3 Å². The van der Waals surface area contributed by atoms with Crippen molar-refractivity contribution in [2.24, 2.45) is 0 Å². The molecule has 0 bridgehead atoms. The monoisotopic (exact) mass is 492 g/mol. The second-order valence-electron chi connectivity index (χ2n) is 7.93. The number of thiophene rings is 1. The Kier molecular flexibility index (Phi) is 7.72. The summed E-state index contributed by atoms with van der Waals surface area (Å²) >= 11 is 1.60. The molecule has 0 aliphatic carbocycles. The van der Waals surface area contributed by atoms with Crippen LogP contribution in [0.3, 0.4) is 0 Å². The smallest absolute Gasteiger partial charge is 0.254 e. The molecule has 4 rings (SSSR count). The Balaban J connectivity index is 1.47. The molecular weight excluding hydrogens is 464 g/mol. The highest BCUT2D eigenvalue weighted by Crippen LogP contribution is 2.38. The van der Waals surface area contributed by atoms with Gasteiger partial charge in [0.25, 0.3) is 5.91 Å². The lowest BCUT2D eigenvalue weighted by Crippen LogP contribution is -2.50. The Morgan fingerprint density at radius 2 is 1.43 bits per heavy atom. The number of piperazine rings is 1. The Morgan fingerprint density at radius 3 is 1.97 bits per heavy atom. The molecule has 0 N–H and O–H groups in total. The molecule has 0 unspecified atom stereocenters. The first-order valence-electron chi connectivity index (χ1n) is 11.2. The maximum Gasteiger partial charge on any atom is 0.254 e. The molecule has 7 nitrogen and oxygen atoms in total. The molecule has 1 aliphatic heterocycles. The zero-order chi connectivity index (χ0) is 24.8. The summed E-state index contributed by atoms with van der Waals surface area (Å²) in [4.78, 5) is 30.9. The van der Waals surface area contributed by atoms with Crippen LogP contribution in [-0.2, 0) is 4.79 Å². The minimum atomic E-state index is -0.143. The predicted molar refractivity (Wildman–Crippen MR) is 136 cm³/mol. The zero-order valence-electron chi connectivity index (χ0n) is 20.0. The molecule has 0 saturated carbocycles. The van der Waals surface area contributed by atoms with Crippen molar-refractivity contribution in [3.63, 3.8) is 0 Å². The molecule has 35 heavy (non-hydrogen) atoms. The molecule has 2 heterocycles. The van der Waals surface area contributed by atoms with Crippen LogP contribution in [-0.4, -0.2) is 69.1 Å². The molecule has 0 radical (unpaired) electrons. The number of ether oxygens (including phenoxy) is 3. The van der Waals surface area contributed by atoms with Crippen LogP contribution in [0, 0.1) is 0 Å². The van der Waals surface area contributed by atoms with Gasteiger partial charge in [-0.1, -0.05) is 36.4 Å². The number of methoxy groups -OCH3 is 3. The van der Waals surface area contributed by atoms with Gasteiger partial charge in [0.05, 0.1) is 21.3 Å². The van der Waals surface area contributed by atoms with Crippen molar-refractivity contribution in [3.05, 3.63) is 82.1 Å². The molecule has 2 aromatic carbocycles. The summed E-state index contributed by atoms with van der Waals surface area (Å²) in [5, 5.41) is 2.00. The first kappa shape index (κ1) is 24.3. The van der Waals surface area contributed by atoms with E-state index >= 15 is 0 Å². The molecule has 1 aliphatic rings. The highest BCUT2D eigenvalue weighted by Gasteiger charge is 2.26. The van der Waals surface area contributed by atoms with E-state index in [-0.39, 0.29) is 11.8 Å². The second kappa shape index (κ2) is 11.1. The molecule has 2 amide bonds. The van der Waals surface area contributed by atoms with Gasteiger partial charge >= 0.3 is 0 Å². The van der Waals surface area contributed by atoms with Gasteiger partial charge < -0.3 is 24.0 Å². The van der Waals surface area contributed by atoms with Crippen molar-refractivity contribution in [2.45, 2.75) is 0 Å². The largest absolute Gasteiger partial charge is 0.493 e. The fraction of sp³-hybridized carbons (Fsp3) is 0.259. The summed E-state index contributed by atoms with van der Waals surface area (Å²) < 4.78 is 16.1. The van der Waals surface area contributed by atoms with E-state index in [4.69, 9.17) is 14.2 Å². The fourth-order valence-electron chi connectivity index (χ4n) is 4.08. The third-order valence-corrected chi connectivity index (χ3v) is 6.83. The van der Waals surface area contributed by atoms with Gasteiger partial charge in [0.15, 0.2) is 11.5 Å². The van der Waals surface area contributed by atoms with E-state index in [1.54, 1.807) is 39.3 Å². The number of carbonyl (C=O) groups is 2. The van der Waals surface area contributed by atoms with Crippen LogP contribution in [0.2, 0.25) is 0 Å². The number of benzene rings is 2. The van der Waals surface area contributed by atoms with Crippen molar-refractivity contribution < 1.29 is 23.8 Å². The van der Waals surface area contributed by atoms with Crippen LogP contribution in [0.1, 0.15) is 20.8 Å². The van der Waals surface area contributed by atoms with Gasteiger partial charge in [0.2, 0.25) is 11.7 Å². The quantitative estimate of drug-likeness (QED) is 0.463. The van der Waals surface area contributed by atoms with Crippen LogP contribution in [0.15, 0.2) is 66.1 Å². The average molecular weight is 493 g/mol. The molecule has 1 fully saturated rings. The molecule has 0 atom stereocenters. The normalized spacial score (nSPS) is 14.0. The number of nitrogens with zero attached hydrogens (tertiary/aromatic N) is 2. The molecule has 0 spiro atoms. The zero-order valence-corrected chi connectivity index (χ0v) is 20.8. The van der Waals surface area contributed by atoms with Gasteiger partial charge in [0, 0.05) is 48.3 Å². The number of amides is 2. The Morgan fingerprint density at radius 1 is 0.800 bits per heavy atom. The van der Waals surface area contributed by atoms with Crippen LogP contribution >= 0.6 is 11.3 Å². The van der Waals surface area contributed by atoms with Crippen molar-refractivity contribution in [3.8, 4) is 17.2 Å². The van der Waals surface area contributed by atoms with Crippen molar-refractivity contribution in [2.75, 3.05) is 47.5 Å². The van der Waals surface area contributed by atoms with E-state index in [2.05, 4.69) is 0 Å². The van der Waals surface area contributed by atoms with Crippen LogP contribution in [0.25, 0.3) is 5.57 Å². The van der Waals surface area contributed by atoms with Crippen molar-refractivity contribution >= 4 is 28.7 Å². The third kappa shape index (κ3) is 5.33. The maximum atomic E-state index is 13.2. The summed E-state index contributed by atoms with van der Waals surface area (Å²) in [7, 11) is 4.56. The molecule has 8 heteroatoms. The van der Waals surface area contributed by atoms with E-state index in [0.29, 0.717) is 49.0 Å².